The Morgan fingerprint density at radius 2 is 1.83 bits per heavy atom. The summed E-state index contributed by atoms with van der Waals surface area (Å²) in [5.41, 5.74) is 1.69. The molecular weight excluding hydrogens is 317 g/mol. The lowest BCUT2D eigenvalue weighted by atomic mass is 10.1. The van der Waals surface area contributed by atoms with Gasteiger partial charge in [0, 0.05) is 5.02 Å². The van der Waals surface area contributed by atoms with Gasteiger partial charge < -0.3 is 10.1 Å². The van der Waals surface area contributed by atoms with Crippen LogP contribution in [-0.2, 0) is 4.79 Å². The van der Waals surface area contributed by atoms with Crippen LogP contribution in [0.2, 0.25) is 5.02 Å². The molecule has 3 nitrogen and oxygen atoms in total. The molecule has 1 amide bonds. The van der Waals surface area contributed by atoms with Gasteiger partial charge in [0.1, 0.15) is 11.6 Å². The molecule has 5 heteroatoms. The number of rotatable bonds is 5. The van der Waals surface area contributed by atoms with Gasteiger partial charge in [-0.05, 0) is 62.2 Å². The van der Waals surface area contributed by atoms with Gasteiger partial charge in [-0.2, -0.15) is 0 Å². The molecular formula is C18H19ClFNO2. The summed E-state index contributed by atoms with van der Waals surface area (Å²) in [6.07, 6.45) is -0.655. The predicted octanol–water partition coefficient (Wildman–Crippen LogP) is 4.43. The maximum Gasteiger partial charge on any atom is 0.261 e. The Labute approximate surface area is 140 Å². The highest BCUT2D eigenvalue weighted by atomic mass is 35.5. The van der Waals surface area contributed by atoms with Crippen LogP contribution in [0.15, 0.2) is 42.5 Å². The van der Waals surface area contributed by atoms with Gasteiger partial charge in [-0.3, -0.25) is 4.79 Å². The summed E-state index contributed by atoms with van der Waals surface area (Å²) in [7, 11) is 0. The van der Waals surface area contributed by atoms with E-state index in [4.69, 9.17) is 16.3 Å². The van der Waals surface area contributed by atoms with Gasteiger partial charge in [0.05, 0.1) is 6.04 Å². The molecule has 0 radical (unpaired) electrons. The third-order valence-electron chi connectivity index (χ3n) is 3.54. The quantitative estimate of drug-likeness (QED) is 0.877. The van der Waals surface area contributed by atoms with Gasteiger partial charge in [-0.25, -0.2) is 4.39 Å². The van der Waals surface area contributed by atoms with Gasteiger partial charge in [-0.1, -0.05) is 23.7 Å². The summed E-state index contributed by atoms with van der Waals surface area (Å²) in [6, 6.07) is 11.0. The van der Waals surface area contributed by atoms with Crippen LogP contribution in [-0.4, -0.2) is 12.0 Å². The fourth-order valence-corrected chi connectivity index (χ4v) is 2.38. The van der Waals surface area contributed by atoms with Crippen molar-refractivity contribution in [2.75, 3.05) is 0 Å². The Balaban J connectivity index is 1.98. The second kappa shape index (κ2) is 7.47. The van der Waals surface area contributed by atoms with Gasteiger partial charge in [0.25, 0.3) is 5.91 Å². The summed E-state index contributed by atoms with van der Waals surface area (Å²) < 4.78 is 18.6. The maximum atomic E-state index is 12.9. The monoisotopic (exact) mass is 335 g/mol. The van der Waals surface area contributed by atoms with Crippen molar-refractivity contribution in [3.05, 3.63) is 64.4 Å². The number of aryl methyl sites for hydroxylation is 1. The Hall–Kier alpha value is -2.07. The largest absolute Gasteiger partial charge is 0.481 e. The third-order valence-corrected chi connectivity index (χ3v) is 3.77. The molecule has 0 saturated heterocycles. The average molecular weight is 336 g/mol. The first kappa shape index (κ1) is 17.3. The van der Waals surface area contributed by atoms with E-state index >= 15 is 0 Å². The van der Waals surface area contributed by atoms with Crippen LogP contribution in [0.5, 0.6) is 5.75 Å². The van der Waals surface area contributed by atoms with Crippen LogP contribution in [0.1, 0.15) is 31.0 Å². The first-order chi connectivity index (χ1) is 10.9. The van der Waals surface area contributed by atoms with E-state index < -0.39 is 6.10 Å². The molecule has 0 aliphatic carbocycles. The van der Waals surface area contributed by atoms with Crippen LogP contribution in [0, 0.1) is 12.7 Å². The lowest BCUT2D eigenvalue weighted by Crippen LogP contribution is -2.37. The number of halogens is 2. The van der Waals surface area contributed by atoms with E-state index in [9.17, 15) is 9.18 Å². The van der Waals surface area contributed by atoms with Crippen molar-refractivity contribution in [3.63, 3.8) is 0 Å². The first-order valence-corrected chi connectivity index (χ1v) is 7.73. The smallest absolute Gasteiger partial charge is 0.261 e. The molecule has 23 heavy (non-hydrogen) atoms. The molecule has 0 spiro atoms. The zero-order valence-corrected chi connectivity index (χ0v) is 14.0. The summed E-state index contributed by atoms with van der Waals surface area (Å²) in [5.74, 6) is 0.0739. The van der Waals surface area contributed by atoms with Gasteiger partial charge in [-0.15, -0.1) is 0 Å². The minimum absolute atomic E-state index is 0.236. The highest BCUT2D eigenvalue weighted by Crippen LogP contribution is 2.23. The minimum Gasteiger partial charge on any atom is -0.481 e. The van der Waals surface area contributed by atoms with E-state index in [1.165, 1.54) is 12.1 Å². The molecule has 0 aliphatic heterocycles. The molecule has 0 fully saturated rings. The molecule has 0 bridgehead atoms. The standard InChI is InChI=1S/C18H19ClFNO2/c1-11-10-15(19)6-9-17(11)23-13(3)18(22)21-12(2)14-4-7-16(20)8-5-14/h4-10,12-13H,1-3H3,(H,21,22)/t12-,13-/m1/s1. The summed E-state index contributed by atoms with van der Waals surface area (Å²) in [4.78, 5) is 12.2. The fourth-order valence-electron chi connectivity index (χ4n) is 2.15. The summed E-state index contributed by atoms with van der Waals surface area (Å²) in [6.45, 7) is 5.39. The molecule has 2 rings (SSSR count). The van der Waals surface area contributed by atoms with Crippen molar-refractivity contribution in [3.8, 4) is 5.75 Å². The zero-order valence-electron chi connectivity index (χ0n) is 13.3. The highest BCUT2D eigenvalue weighted by Gasteiger charge is 2.18. The van der Waals surface area contributed by atoms with Crippen LogP contribution in [0.25, 0.3) is 0 Å². The highest BCUT2D eigenvalue weighted by molar-refractivity contribution is 6.30. The van der Waals surface area contributed by atoms with Crippen molar-refractivity contribution in [1.82, 2.24) is 5.32 Å². The molecule has 0 unspecified atom stereocenters. The number of hydrogen-bond donors (Lipinski definition) is 1. The van der Waals surface area contributed by atoms with Crippen LogP contribution in [0.3, 0.4) is 0 Å². The van der Waals surface area contributed by atoms with E-state index in [0.717, 1.165) is 11.1 Å². The van der Waals surface area contributed by atoms with Crippen molar-refractivity contribution in [2.45, 2.75) is 32.9 Å². The lowest BCUT2D eigenvalue weighted by molar-refractivity contribution is -0.127. The molecule has 0 heterocycles. The lowest BCUT2D eigenvalue weighted by Gasteiger charge is -2.20. The van der Waals surface area contributed by atoms with Crippen molar-refractivity contribution < 1.29 is 13.9 Å². The predicted molar refractivity (Wildman–Crippen MR) is 89.2 cm³/mol. The molecule has 0 saturated carbocycles. The first-order valence-electron chi connectivity index (χ1n) is 7.35. The molecule has 2 atom stereocenters. The Kier molecular flexibility index (Phi) is 5.61. The minimum atomic E-state index is -0.655. The molecule has 2 aromatic rings. The molecule has 1 N–H and O–H groups in total. The van der Waals surface area contributed by atoms with E-state index in [1.807, 2.05) is 13.8 Å². The number of hydrogen-bond acceptors (Lipinski definition) is 2. The van der Waals surface area contributed by atoms with Gasteiger partial charge >= 0.3 is 0 Å². The molecule has 0 aliphatic rings. The van der Waals surface area contributed by atoms with E-state index in [2.05, 4.69) is 5.32 Å². The normalized spacial score (nSPS) is 13.3. The Morgan fingerprint density at radius 1 is 1.17 bits per heavy atom. The van der Waals surface area contributed by atoms with Crippen molar-refractivity contribution >= 4 is 17.5 Å². The second-order valence-electron chi connectivity index (χ2n) is 5.45. The van der Waals surface area contributed by atoms with E-state index in [0.29, 0.717) is 10.8 Å². The number of carbonyl (C=O) groups is 1. The number of carbonyl (C=O) groups excluding carboxylic acids is 1. The molecule has 122 valence electrons. The maximum absolute atomic E-state index is 12.9. The molecule has 2 aromatic carbocycles. The fraction of sp³-hybridized carbons (Fsp3) is 0.278. The Morgan fingerprint density at radius 3 is 2.43 bits per heavy atom. The number of amides is 1. The van der Waals surface area contributed by atoms with E-state index in [1.54, 1.807) is 37.3 Å². The van der Waals surface area contributed by atoms with Crippen LogP contribution >= 0.6 is 11.6 Å². The number of benzene rings is 2. The van der Waals surface area contributed by atoms with Crippen molar-refractivity contribution in [1.29, 1.82) is 0 Å². The summed E-state index contributed by atoms with van der Waals surface area (Å²) in [5, 5.41) is 3.48. The van der Waals surface area contributed by atoms with E-state index in [-0.39, 0.29) is 17.8 Å². The van der Waals surface area contributed by atoms with Gasteiger partial charge in [0.15, 0.2) is 6.10 Å². The summed E-state index contributed by atoms with van der Waals surface area (Å²) >= 11 is 5.90. The van der Waals surface area contributed by atoms with Crippen LogP contribution < -0.4 is 10.1 Å². The number of nitrogens with one attached hydrogen (secondary N) is 1. The number of ether oxygens (including phenoxy) is 1. The SMILES string of the molecule is Cc1cc(Cl)ccc1O[C@H](C)C(=O)N[C@H](C)c1ccc(F)cc1. The third kappa shape index (κ3) is 4.70. The topological polar surface area (TPSA) is 38.3 Å². The second-order valence-corrected chi connectivity index (χ2v) is 5.89. The molecule has 0 aromatic heterocycles. The van der Waals surface area contributed by atoms with Gasteiger partial charge in [0.2, 0.25) is 0 Å². The average Bonchev–Trinajstić information content (AvgIpc) is 2.50. The Bertz CT molecular complexity index is 688. The van der Waals surface area contributed by atoms with Crippen molar-refractivity contribution in [2.24, 2.45) is 0 Å². The zero-order chi connectivity index (χ0) is 17.0. The van der Waals surface area contributed by atoms with Crippen LogP contribution in [0.4, 0.5) is 4.39 Å².